The third kappa shape index (κ3) is 3.51. The van der Waals surface area contributed by atoms with Gasteiger partial charge < -0.3 is 9.72 Å². The second-order valence-electron chi connectivity index (χ2n) is 4.89. The maximum Gasteiger partial charge on any atom is 0.356 e. The molecule has 0 radical (unpaired) electrons. The first kappa shape index (κ1) is 14.9. The van der Waals surface area contributed by atoms with E-state index in [4.69, 9.17) is 4.74 Å². The quantitative estimate of drug-likeness (QED) is 0.680. The molecule has 0 unspecified atom stereocenters. The van der Waals surface area contributed by atoms with Crippen LogP contribution in [0.4, 0.5) is 0 Å². The number of ether oxygens (including phenoxy) is 1. The SMILES string of the molecule is CCOC(=O)c1cnc(C#Cc2c(C)cc(C)cc2C)[nH]1. The summed E-state index contributed by atoms with van der Waals surface area (Å²) in [7, 11) is 0. The molecule has 0 amide bonds. The van der Waals surface area contributed by atoms with Gasteiger partial charge in [0.1, 0.15) is 5.69 Å². The Hall–Kier alpha value is -2.54. The predicted octanol–water partition coefficient (Wildman–Crippen LogP) is 2.91. The maximum absolute atomic E-state index is 11.5. The third-order valence-corrected chi connectivity index (χ3v) is 3.05. The summed E-state index contributed by atoms with van der Waals surface area (Å²) in [5.41, 5.74) is 4.81. The van der Waals surface area contributed by atoms with E-state index in [-0.39, 0.29) is 0 Å². The molecule has 0 aliphatic rings. The normalized spacial score (nSPS) is 9.90. The smallest absolute Gasteiger partial charge is 0.356 e. The molecule has 1 heterocycles. The summed E-state index contributed by atoms with van der Waals surface area (Å²) in [6, 6.07) is 4.20. The molecule has 0 aliphatic heterocycles. The number of H-pyrrole nitrogens is 1. The summed E-state index contributed by atoms with van der Waals surface area (Å²) in [4.78, 5) is 18.5. The molecule has 21 heavy (non-hydrogen) atoms. The lowest BCUT2D eigenvalue weighted by Gasteiger charge is -2.04. The van der Waals surface area contributed by atoms with Crippen molar-refractivity contribution in [1.82, 2.24) is 9.97 Å². The van der Waals surface area contributed by atoms with Crippen molar-refractivity contribution in [3.05, 3.63) is 52.1 Å². The summed E-state index contributed by atoms with van der Waals surface area (Å²) in [5, 5.41) is 0. The number of benzene rings is 1. The first-order chi connectivity index (χ1) is 10.0. The molecule has 0 bridgehead atoms. The number of aryl methyl sites for hydroxylation is 3. The van der Waals surface area contributed by atoms with Crippen LogP contribution in [0.2, 0.25) is 0 Å². The lowest BCUT2D eigenvalue weighted by Crippen LogP contribution is -2.04. The van der Waals surface area contributed by atoms with Crippen LogP contribution in [0.3, 0.4) is 0 Å². The second-order valence-corrected chi connectivity index (χ2v) is 4.89. The first-order valence-electron chi connectivity index (χ1n) is 6.83. The van der Waals surface area contributed by atoms with E-state index < -0.39 is 5.97 Å². The van der Waals surface area contributed by atoms with Gasteiger partial charge in [0.15, 0.2) is 5.82 Å². The number of hydrogen-bond acceptors (Lipinski definition) is 3. The Labute approximate surface area is 124 Å². The van der Waals surface area contributed by atoms with Crippen molar-refractivity contribution in [3.63, 3.8) is 0 Å². The number of imidazole rings is 1. The summed E-state index contributed by atoms with van der Waals surface area (Å²) in [6.07, 6.45) is 1.44. The van der Waals surface area contributed by atoms with E-state index in [0.717, 1.165) is 16.7 Å². The van der Waals surface area contributed by atoms with Crippen molar-refractivity contribution >= 4 is 5.97 Å². The van der Waals surface area contributed by atoms with Crippen molar-refractivity contribution in [2.24, 2.45) is 0 Å². The molecule has 1 aromatic heterocycles. The molecule has 0 saturated heterocycles. The minimum atomic E-state index is -0.416. The number of aromatic nitrogens is 2. The highest BCUT2D eigenvalue weighted by Crippen LogP contribution is 2.15. The zero-order valence-corrected chi connectivity index (χ0v) is 12.7. The largest absolute Gasteiger partial charge is 0.461 e. The molecule has 2 rings (SSSR count). The summed E-state index contributed by atoms with van der Waals surface area (Å²) in [5.74, 6) is 6.11. The van der Waals surface area contributed by atoms with Crippen LogP contribution in [-0.4, -0.2) is 22.5 Å². The van der Waals surface area contributed by atoms with E-state index in [1.807, 2.05) is 13.8 Å². The van der Waals surface area contributed by atoms with E-state index in [9.17, 15) is 4.79 Å². The number of carbonyl (C=O) groups excluding carboxylic acids is 1. The molecule has 0 spiro atoms. The second kappa shape index (κ2) is 6.27. The highest BCUT2D eigenvalue weighted by Gasteiger charge is 2.09. The van der Waals surface area contributed by atoms with Crippen LogP contribution in [0.25, 0.3) is 0 Å². The van der Waals surface area contributed by atoms with Gasteiger partial charge in [-0.15, -0.1) is 0 Å². The summed E-state index contributed by atoms with van der Waals surface area (Å²) in [6.45, 7) is 8.24. The van der Waals surface area contributed by atoms with E-state index in [2.05, 4.69) is 40.9 Å². The van der Waals surface area contributed by atoms with Gasteiger partial charge in [-0.1, -0.05) is 23.6 Å². The fourth-order valence-electron chi connectivity index (χ4n) is 2.20. The van der Waals surface area contributed by atoms with Gasteiger partial charge in [-0.3, -0.25) is 0 Å². The van der Waals surface area contributed by atoms with Crippen LogP contribution in [0.15, 0.2) is 18.3 Å². The molecule has 108 valence electrons. The number of nitrogens with one attached hydrogen (secondary N) is 1. The first-order valence-corrected chi connectivity index (χ1v) is 6.83. The van der Waals surface area contributed by atoms with Crippen LogP contribution >= 0.6 is 0 Å². The van der Waals surface area contributed by atoms with Gasteiger partial charge in [-0.2, -0.15) is 0 Å². The topological polar surface area (TPSA) is 55.0 Å². The van der Waals surface area contributed by atoms with E-state index >= 15 is 0 Å². The van der Waals surface area contributed by atoms with Crippen molar-refractivity contribution in [3.8, 4) is 11.8 Å². The van der Waals surface area contributed by atoms with Crippen molar-refractivity contribution in [1.29, 1.82) is 0 Å². The van der Waals surface area contributed by atoms with Crippen molar-refractivity contribution in [2.45, 2.75) is 27.7 Å². The Bertz CT molecular complexity index is 710. The lowest BCUT2D eigenvalue weighted by molar-refractivity contribution is 0.0520. The van der Waals surface area contributed by atoms with Crippen molar-refractivity contribution in [2.75, 3.05) is 6.61 Å². The van der Waals surface area contributed by atoms with Crippen LogP contribution in [0.5, 0.6) is 0 Å². The zero-order valence-electron chi connectivity index (χ0n) is 12.7. The van der Waals surface area contributed by atoms with Crippen LogP contribution in [-0.2, 0) is 4.74 Å². The zero-order chi connectivity index (χ0) is 15.4. The fraction of sp³-hybridized carbons (Fsp3) is 0.294. The number of hydrogen-bond donors (Lipinski definition) is 1. The average Bonchev–Trinajstić information content (AvgIpc) is 2.86. The van der Waals surface area contributed by atoms with E-state index in [0.29, 0.717) is 18.1 Å². The predicted molar refractivity (Wildman–Crippen MR) is 81.2 cm³/mol. The molecule has 0 fully saturated rings. The maximum atomic E-state index is 11.5. The molecular formula is C17H18N2O2. The Balaban J connectivity index is 2.26. The highest BCUT2D eigenvalue weighted by atomic mass is 16.5. The Morgan fingerprint density at radius 1 is 1.24 bits per heavy atom. The highest BCUT2D eigenvalue weighted by molar-refractivity contribution is 5.87. The number of aromatic amines is 1. The number of rotatable bonds is 2. The molecule has 4 nitrogen and oxygen atoms in total. The average molecular weight is 282 g/mol. The minimum absolute atomic E-state index is 0.318. The van der Waals surface area contributed by atoms with Crippen molar-refractivity contribution < 1.29 is 9.53 Å². The van der Waals surface area contributed by atoms with Gasteiger partial charge in [0.2, 0.25) is 0 Å². The summed E-state index contributed by atoms with van der Waals surface area (Å²) < 4.78 is 4.90. The molecule has 1 aromatic carbocycles. The molecular weight excluding hydrogens is 264 g/mol. The Morgan fingerprint density at radius 2 is 1.90 bits per heavy atom. The monoisotopic (exact) mass is 282 g/mol. The standard InChI is InChI=1S/C17H18N2O2/c1-5-21-17(20)15-10-18-16(19-15)7-6-14-12(3)8-11(2)9-13(14)4/h8-10H,5H2,1-4H3,(H,18,19). The lowest BCUT2D eigenvalue weighted by atomic mass is 10.0. The molecule has 1 N–H and O–H groups in total. The number of carbonyl (C=O) groups is 1. The minimum Gasteiger partial charge on any atom is -0.461 e. The van der Waals surface area contributed by atoms with E-state index in [1.54, 1.807) is 6.92 Å². The number of nitrogens with zero attached hydrogens (tertiary/aromatic N) is 1. The van der Waals surface area contributed by atoms with E-state index in [1.165, 1.54) is 11.8 Å². The van der Waals surface area contributed by atoms with Gasteiger partial charge in [0.05, 0.1) is 12.8 Å². The fourth-order valence-corrected chi connectivity index (χ4v) is 2.20. The summed E-state index contributed by atoms with van der Waals surface area (Å²) >= 11 is 0. The number of esters is 1. The van der Waals surface area contributed by atoms with Gasteiger partial charge in [-0.05, 0) is 44.7 Å². The van der Waals surface area contributed by atoms with Crippen LogP contribution < -0.4 is 0 Å². The van der Waals surface area contributed by atoms with Crippen LogP contribution in [0, 0.1) is 32.6 Å². The van der Waals surface area contributed by atoms with Gasteiger partial charge in [0, 0.05) is 5.56 Å². The van der Waals surface area contributed by atoms with Gasteiger partial charge in [0.25, 0.3) is 0 Å². The molecule has 0 aliphatic carbocycles. The Morgan fingerprint density at radius 3 is 2.52 bits per heavy atom. The molecule has 2 aromatic rings. The molecule has 0 atom stereocenters. The molecule has 0 saturated carbocycles. The molecule has 4 heteroatoms. The third-order valence-electron chi connectivity index (χ3n) is 3.05. The van der Waals surface area contributed by atoms with Gasteiger partial charge >= 0.3 is 5.97 Å². The van der Waals surface area contributed by atoms with Crippen LogP contribution in [0.1, 0.15) is 45.5 Å². The Kier molecular flexibility index (Phi) is 4.44. The van der Waals surface area contributed by atoms with Gasteiger partial charge in [-0.25, -0.2) is 9.78 Å².